The minimum atomic E-state index is -1.79. The smallest absolute Gasteiger partial charge is 0.250 e. The quantitative estimate of drug-likeness (QED) is 0.414. The van der Waals surface area contributed by atoms with Gasteiger partial charge in [0.05, 0.1) is 0 Å². The lowest BCUT2D eigenvalue weighted by molar-refractivity contribution is 0.492. The molecule has 2 nitrogen and oxygen atoms in total. The molecular weight excluding hydrogens is 409 g/mol. The number of rotatable bonds is 6. The van der Waals surface area contributed by atoms with Gasteiger partial charge in [-0.25, -0.2) is 0 Å². The Balaban J connectivity index is 2.02. The molecule has 0 aliphatic rings. The van der Waals surface area contributed by atoms with Crippen LogP contribution in [0.3, 0.4) is 0 Å². The Labute approximate surface area is 184 Å². The summed E-state index contributed by atoms with van der Waals surface area (Å²) in [6.45, 7) is 22.7. The maximum absolute atomic E-state index is 6.38. The predicted octanol–water partition coefficient (Wildman–Crippen LogP) is 8.61. The lowest BCUT2D eigenvalue weighted by Gasteiger charge is -2.36. The highest BCUT2D eigenvalue weighted by Crippen LogP contribution is 2.39. The van der Waals surface area contributed by atoms with Crippen molar-refractivity contribution in [1.82, 2.24) is 0 Å². The third-order valence-electron chi connectivity index (χ3n) is 6.24. The van der Waals surface area contributed by atoms with E-state index in [2.05, 4.69) is 116 Å². The topological polar surface area (TPSA) is 18.5 Å². The van der Waals surface area contributed by atoms with Crippen LogP contribution >= 0.6 is 11.8 Å². The molecule has 0 aromatic heterocycles. The van der Waals surface area contributed by atoms with E-state index >= 15 is 0 Å². The Kier molecular flexibility index (Phi) is 7.08. The Bertz CT molecular complexity index is 729. The first-order chi connectivity index (χ1) is 13.1. The monoisotopic (exact) mass is 446 g/mol. The Morgan fingerprint density at radius 2 is 0.828 bits per heavy atom. The standard InChI is InChI=1S/C24H38O2SSi2/c1-23(2,3)28(7,8)25-19-11-15-21(16-12-19)27-22-17-13-20(14-18-22)26-29(9,10)24(4,5)6/h11-18H,1-10H3. The summed E-state index contributed by atoms with van der Waals surface area (Å²) in [5.74, 6) is 1.94. The summed E-state index contributed by atoms with van der Waals surface area (Å²) < 4.78 is 12.8. The molecule has 0 aliphatic carbocycles. The summed E-state index contributed by atoms with van der Waals surface area (Å²) in [7, 11) is -3.59. The van der Waals surface area contributed by atoms with Crippen molar-refractivity contribution in [2.75, 3.05) is 0 Å². The fourth-order valence-electron chi connectivity index (χ4n) is 2.18. The third-order valence-corrected chi connectivity index (χ3v) is 16.0. The molecule has 0 spiro atoms. The number of hydrogen-bond acceptors (Lipinski definition) is 3. The van der Waals surface area contributed by atoms with Crippen molar-refractivity contribution < 1.29 is 8.85 Å². The molecule has 0 unspecified atom stereocenters. The molecule has 0 radical (unpaired) electrons. The summed E-state index contributed by atoms with van der Waals surface area (Å²) in [5.41, 5.74) is 0. The lowest BCUT2D eigenvalue weighted by Crippen LogP contribution is -2.43. The normalized spacial score (nSPS) is 13.3. The van der Waals surface area contributed by atoms with Crippen molar-refractivity contribution in [3.05, 3.63) is 48.5 Å². The van der Waals surface area contributed by atoms with Crippen molar-refractivity contribution in [2.24, 2.45) is 0 Å². The highest BCUT2D eigenvalue weighted by Gasteiger charge is 2.39. The minimum absolute atomic E-state index is 0.203. The highest BCUT2D eigenvalue weighted by molar-refractivity contribution is 7.99. The van der Waals surface area contributed by atoms with Crippen LogP contribution in [0.1, 0.15) is 41.5 Å². The van der Waals surface area contributed by atoms with E-state index in [1.807, 2.05) is 0 Å². The van der Waals surface area contributed by atoms with Crippen LogP contribution in [0.5, 0.6) is 11.5 Å². The molecule has 29 heavy (non-hydrogen) atoms. The average molecular weight is 447 g/mol. The van der Waals surface area contributed by atoms with Crippen LogP contribution in [0.15, 0.2) is 58.3 Å². The average Bonchev–Trinajstić information content (AvgIpc) is 2.56. The van der Waals surface area contributed by atoms with Gasteiger partial charge in [-0.1, -0.05) is 53.3 Å². The van der Waals surface area contributed by atoms with Crippen molar-refractivity contribution in [3.8, 4) is 11.5 Å². The summed E-state index contributed by atoms with van der Waals surface area (Å²) >= 11 is 1.76. The van der Waals surface area contributed by atoms with Gasteiger partial charge in [-0.15, -0.1) is 0 Å². The van der Waals surface area contributed by atoms with Gasteiger partial charge in [-0.3, -0.25) is 0 Å². The van der Waals surface area contributed by atoms with Gasteiger partial charge in [0.2, 0.25) is 16.6 Å². The molecule has 0 heterocycles. The van der Waals surface area contributed by atoms with E-state index in [1.165, 1.54) is 9.79 Å². The molecule has 0 atom stereocenters. The first-order valence-corrected chi connectivity index (χ1v) is 17.0. The summed E-state index contributed by atoms with van der Waals surface area (Å²) in [6, 6.07) is 17.0. The first kappa shape index (κ1) is 24.1. The van der Waals surface area contributed by atoms with Crippen molar-refractivity contribution in [3.63, 3.8) is 0 Å². The largest absolute Gasteiger partial charge is 0.544 e. The fourth-order valence-corrected chi connectivity index (χ4v) is 5.06. The van der Waals surface area contributed by atoms with Crippen LogP contribution < -0.4 is 8.85 Å². The second-order valence-corrected chi connectivity index (χ2v) is 21.4. The zero-order chi connectivity index (χ0) is 22.1. The van der Waals surface area contributed by atoms with E-state index in [0.717, 1.165) is 11.5 Å². The maximum atomic E-state index is 6.38. The molecule has 5 heteroatoms. The van der Waals surface area contributed by atoms with E-state index in [4.69, 9.17) is 8.85 Å². The van der Waals surface area contributed by atoms with E-state index in [9.17, 15) is 0 Å². The lowest BCUT2D eigenvalue weighted by atomic mass is 10.2. The SMILES string of the molecule is CC(C)(C)[Si](C)(C)Oc1ccc(Sc2ccc(O[Si](C)(C)C(C)(C)C)cc2)cc1. The van der Waals surface area contributed by atoms with Crippen LogP contribution in [0.4, 0.5) is 0 Å². The Morgan fingerprint density at radius 3 is 1.07 bits per heavy atom. The Hall–Kier alpha value is -1.18. The van der Waals surface area contributed by atoms with Gasteiger partial charge in [0.1, 0.15) is 11.5 Å². The number of hydrogen-bond donors (Lipinski definition) is 0. The Morgan fingerprint density at radius 1 is 0.552 bits per heavy atom. The molecule has 0 aliphatic heterocycles. The first-order valence-electron chi connectivity index (χ1n) is 10.4. The van der Waals surface area contributed by atoms with Gasteiger partial charge in [0.15, 0.2) is 0 Å². The second-order valence-electron chi connectivity index (χ2n) is 10.8. The molecule has 2 aromatic rings. The van der Waals surface area contributed by atoms with E-state index in [0.29, 0.717) is 0 Å². The zero-order valence-electron chi connectivity index (χ0n) is 19.8. The zero-order valence-corrected chi connectivity index (χ0v) is 22.7. The van der Waals surface area contributed by atoms with Crippen LogP contribution in [0.25, 0.3) is 0 Å². The van der Waals surface area contributed by atoms with Gasteiger partial charge in [0.25, 0.3) is 0 Å². The van der Waals surface area contributed by atoms with Gasteiger partial charge in [-0.05, 0) is 84.8 Å². The van der Waals surface area contributed by atoms with E-state index in [1.54, 1.807) is 11.8 Å². The van der Waals surface area contributed by atoms with Crippen molar-refractivity contribution in [1.29, 1.82) is 0 Å². The minimum Gasteiger partial charge on any atom is -0.544 e. The van der Waals surface area contributed by atoms with Crippen LogP contribution in [0, 0.1) is 0 Å². The summed E-state index contributed by atoms with van der Waals surface area (Å²) in [5, 5.41) is 0.406. The van der Waals surface area contributed by atoms with Crippen molar-refractivity contribution >= 4 is 28.4 Å². The van der Waals surface area contributed by atoms with Crippen molar-refractivity contribution in [2.45, 2.75) is 87.6 Å². The molecule has 0 saturated carbocycles. The molecular formula is C24H38O2SSi2. The molecule has 160 valence electrons. The van der Waals surface area contributed by atoms with Gasteiger partial charge >= 0.3 is 0 Å². The number of benzene rings is 2. The molecule has 0 amide bonds. The molecule has 0 N–H and O–H groups in total. The third kappa shape index (κ3) is 6.40. The molecule has 0 saturated heterocycles. The van der Waals surface area contributed by atoms with Gasteiger partial charge in [0, 0.05) is 9.79 Å². The molecule has 0 bridgehead atoms. The van der Waals surface area contributed by atoms with Crippen LogP contribution in [0.2, 0.25) is 36.3 Å². The van der Waals surface area contributed by atoms with Crippen LogP contribution in [-0.2, 0) is 0 Å². The maximum Gasteiger partial charge on any atom is 0.250 e. The summed E-state index contributed by atoms with van der Waals surface area (Å²) in [4.78, 5) is 2.43. The predicted molar refractivity (Wildman–Crippen MR) is 133 cm³/mol. The van der Waals surface area contributed by atoms with Crippen LogP contribution in [-0.4, -0.2) is 16.6 Å². The molecule has 2 rings (SSSR count). The van der Waals surface area contributed by atoms with Gasteiger partial charge in [-0.2, -0.15) is 0 Å². The fraction of sp³-hybridized carbons (Fsp3) is 0.500. The second kappa shape index (κ2) is 8.52. The molecule has 0 fully saturated rings. The summed E-state index contributed by atoms with van der Waals surface area (Å²) in [6.07, 6.45) is 0. The van der Waals surface area contributed by atoms with Gasteiger partial charge < -0.3 is 8.85 Å². The van der Waals surface area contributed by atoms with E-state index in [-0.39, 0.29) is 10.1 Å². The van der Waals surface area contributed by atoms with E-state index < -0.39 is 16.6 Å². The highest BCUT2D eigenvalue weighted by atomic mass is 32.2. The molecule has 2 aromatic carbocycles.